The zero-order valence-electron chi connectivity index (χ0n) is 11.2. The van der Waals surface area contributed by atoms with Gasteiger partial charge in [-0.05, 0) is 24.8 Å². The van der Waals surface area contributed by atoms with E-state index in [2.05, 4.69) is 16.8 Å². The minimum absolute atomic E-state index is 0.135. The largest absolute Gasteiger partial charge is 0.481 e. The van der Waals surface area contributed by atoms with Crippen LogP contribution in [0, 0.1) is 5.92 Å². The summed E-state index contributed by atoms with van der Waals surface area (Å²) >= 11 is 0. The molecule has 1 saturated heterocycles. The van der Waals surface area contributed by atoms with Crippen LogP contribution in [0.1, 0.15) is 25.5 Å². The second-order valence-electron chi connectivity index (χ2n) is 4.93. The van der Waals surface area contributed by atoms with Gasteiger partial charge in [0.05, 0.1) is 18.9 Å². The van der Waals surface area contributed by atoms with Gasteiger partial charge in [-0.1, -0.05) is 13.0 Å². The van der Waals surface area contributed by atoms with E-state index in [1.165, 1.54) is 0 Å². The van der Waals surface area contributed by atoms with Crippen LogP contribution in [-0.2, 0) is 6.54 Å². The highest BCUT2D eigenvalue weighted by Gasteiger charge is 2.26. The maximum absolute atomic E-state index is 9.87. The SMILES string of the molecule is CCC1CN(Cc2cccc(OC)n2)CCC1O. The summed E-state index contributed by atoms with van der Waals surface area (Å²) in [7, 11) is 1.64. The van der Waals surface area contributed by atoms with Crippen molar-refractivity contribution < 1.29 is 9.84 Å². The Morgan fingerprint density at radius 3 is 3.06 bits per heavy atom. The van der Waals surface area contributed by atoms with Crippen LogP contribution in [0.2, 0.25) is 0 Å². The lowest BCUT2D eigenvalue weighted by atomic mass is 9.92. The normalized spacial score (nSPS) is 25.1. The number of hydrogen-bond acceptors (Lipinski definition) is 4. The molecule has 0 bridgehead atoms. The number of pyridine rings is 1. The molecule has 2 rings (SSSR count). The van der Waals surface area contributed by atoms with Crippen molar-refractivity contribution in [3.8, 4) is 5.88 Å². The smallest absolute Gasteiger partial charge is 0.213 e. The Bertz CT molecular complexity index is 384. The number of aliphatic hydroxyl groups is 1. The second kappa shape index (κ2) is 6.16. The standard InChI is InChI=1S/C14H22N2O2/c1-3-11-9-16(8-7-13(11)17)10-12-5-4-6-14(15-12)18-2/h4-6,11,13,17H,3,7-10H2,1-2H3. The average Bonchev–Trinajstić information content (AvgIpc) is 2.41. The van der Waals surface area contributed by atoms with Gasteiger partial charge in [-0.25, -0.2) is 4.98 Å². The highest BCUT2D eigenvalue weighted by atomic mass is 16.5. The van der Waals surface area contributed by atoms with Crippen molar-refractivity contribution in [3.05, 3.63) is 23.9 Å². The van der Waals surface area contributed by atoms with E-state index in [0.717, 1.165) is 38.2 Å². The summed E-state index contributed by atoms with van der Waals surface area (Å²) in [5.41, 5.74) is 1.03. The predicted molar refractivity (Wildman–Crippen MR) is 70.5 cm³/mol. The van der Waals surface area contributed by atoms with E-state index in [4.69, 9.17) is 4.74 Å². The first kappa shape index (κ1) is 13.3. The zero-order valence-corrected chi connectivity index (χ0v) is 11.2. The highest BCUT2D eigenvalue weighted by Crippen LogP contribution is 2.21. The third-order valence-electron chi connectivity index (χ3n) is 3.68. The van der Waals surface area contributed by atoms with Crippen LogP contribution in [0.25, 0.3) is 0 Å². The molecule has 2 heterocycles. The molecule has 1 aromatic rings. The Kier molecular flexibility index (Phi) is 4.55. The molecule has 0 spiro atoms. The number of nitrogens with zero attached hydrogens (tertiary/aromatic N) is 2. The van der Waals surface area contributed by atoms with Crippen LogP contribution in [0.4, 0.5) is 0 Å². The van der Waals surface area contributed by atoms with E-state index in [1.54, 1.807) is 7.11 Å². The fourth-order valence-corrected chi connectivity index (χ4v) is 2.53. The van der Waals surface area contributed by atoms with Crippen molar-refractivity contribution in [2.75, 3.05) is 20.2 Å². The Morgan fingerprint density at radius 2 is 2.33 bits per heavy atom. The van der Waals surface area contributed by atoms with Crippen molar-refractivity contribution in [2.24, 2.45) is 5.92 Å². The van der Waals surface area contributed by atoms with Crippen molar-refractivity contribution in [2.45, 2.75) is 32.4 Å². The summed E-state index contributed by atoms with van der Waals surface area (Å²) in [5, 5.41) is 9.87. The molecule has 0 radical (unpaired) electrons. The van der Waals surface area contributed by atoms with Crippen LogP contribution in [-0.4, -0.2) is 41.3 Å². The summed E-state index contributed by atoms with van der Waals surface area (Å²) < 4.78 is 5.13. The lowest BCUT2D eigenvalue weighted by Crippen LogP contribution is -2.42. The summed E-state index contributed by atoms with van der Waals surface area (Å²) in [5.74, 6) is 1.06. The molecule has 18 heavy (non-hydrogen) atoms. The van der Waals surface area contributed by atoms with Crippen LogP contribution in [0.5, 0.6) is 5.88 Å². The van der Waals surface area contributed by atoms with Gasteiger partial charge in [0.1, 0.15) is 0 Å². The number of methoxy groups -OCH3 is 1. The number of ether oxygens (including phenoxy) is 1. The molecule has 0 aliphatic carbocycles. The minimum Gasteiger partial charge on any atom is -0.481 e. The molecule has 2 atom stereocenters. The molecule has 0 amide bonds. The summed E-state index contributed by atoms with van der Waals surface area (Å²) in [6.45, 7) is 4.87. The third kappa shape index (κ3) is 3.21. The zero-order chi connectivity index (χ0) is 13.0. The number of aliphatic hydroxyl groups excluding tert-OH is 1. The van der Waals surface area contributed by atoms with Gasteiger partial charge in [0, 0.05) is 25.7 Å². The maximum atomic E-state index is 9.87. The quantitative estimate of drug-likeness (QED) is 0.883. The Labute approximate surface area is 109 Å². The Balaban J connectivity index is 1.96. The van der Waals surface area contributed by atoms with E-state index in [0.29, 0.717) is 11.8 Å². The van der Waals surface area contributed by atoms with Gasteiger partial charge in [0.25, 0.3) is 0 Å². The molecule has 0 saturated carbocycles. The van der Waals surface area contributed by atoms with Gasteiger partial charge < -0.3 is 9.84 Å². The van der Waals surface area contributed by atoms with Crippen LogP contribution < -0.4 is 4.74 Å². The molecular weight excluding hydrogens is 228 g/mol. The number of rotatable bonds is 4. The summed E-state index contributed by atoms with van der Waals surface area (Å²) in [6.07, 6.45) is 1.76. The van der Waals surface area contributed by atoms with Crippen molar-refractivity contribution in [1.29, 1.82) is 0 Å². The maximum Gasteiger partial charge on any atom is 0.213 e. The first-order chi connectivity index (χ1) is 8.72. The second-order valence-corrected chi connectivity index (χ2v) is 4.93. The summed E-state index contributed by atoms with van der Waals surface area (Å²) in [6, 6.07) is 5.85. The number of piperidine rings is 1. The molecule has 4 heteroatoms. The van der Waals surface area contributed by atoms with Crippen molar-refractivity contribution >= 4 is 0 Å². The topological polar surface area (TPSA) is 45.6 Å². The monoisotopic (exact) mass is 250 g/mol. The van der Waals surface area contributed by atoms with Gasteiger partial charge in [-0.15, -0.1) is 0 Å². The van der Waals surface area contributed by atoms with E-state index in [1.807, 2.05) is 18.2 Å². The first-order valence-electron chi connectivity index (χ1n) is 6.63. The molecule has 1 aliphatic heterocycles. The molecule has 2 unspecified atom stereocenters. The van der Waals surface area contributed by atoms with Crippen molar-refractivity contribution in [1.82, 2.24) is 9.88 Å². The Morgan fingerprint density at radius 1 is 1.50 bits per heavy atom. The molecule has 4 nitrogen and oxygen atoms in total. The number of aromatic nitrogens is 1. The van der Waals surface area contributed by atoms with Gasteiger partial charge in [-0.3, -0.25) is 4.90 Å². The fraction of sp³-hybridized carbons (Fsp3) is 0.643. The predicted octanol–water partition coefficient (Wildman–Crippen LogP) is 1.68. The van der Waals surface area contributed by atoms with E-state index in [-0.39, 0.29) is 6.10 Å². The third-order valence-corrected chi connectivity index (χ3v) is 3.68. The molecule has 1 N–H and O–H groups in total. The number of likely N-dealkylation sites (tertiary alicyclic amines) is 1. The van der Waals surface area contributed by atoms with E-state index < -0.39 is 0 Å². The minimum atomic E-state index is -0.135. The molecule has 1 aliphatic rings. The van der Waals surface area contributed by atoms with Gasteiger partial charge in [0.2, 0.25) is 5.88 Å². The average molecular weight is 250 g/mol. The van der Waals surface area contributed by atoms with E-state index >= 15 is 0 Å². The van der Waals surface area contributed by atoms with Crippen molar-refractivity contribution in [3.63, 3.8) is 0 Å². The Hall–Kier alpha value is -1.13. The van der Waals surface area contributed by atoms with Crippen LogP contribution >= 0.6 is 0 Å². The fourth-order valence-electron chi connectivity index (χ4n) is 2.53. The molecule has 1 fully saturated rings. The summed E-state index contributed by atoms with van der Waals surface area (Å²) in [4.78, 5) is 6.79. The first-order valence-corrected chi connectivity index (χ1v) is 6.63. The molecule has 100 valence electrons. The molecular formula is C14H22N2O2. The van der Waals surface area contributed by atoms with Gasteiger partial charge in [-0.2, -0.15) is 0 Å². The lowest BCUT2D eigenvalue weighted by Gasteiger charge is -2.35. The highest BCUT2D eigenvalue weighted by molar-refractivity contribution is 5.15. The van der Waals surface area contributed by atoms with Gasteiger partial charge in [0.15, 0.2) is 0 Å². The lowest BCUT2D eigenvalue weighted by molar-refractivity contribution is 0.0217. The van der Waals surface area contributed by atoms with Gasteiger partial charge >= 0.3 is 0 Å². The molecule has 0 aromatic carbocycles. The van der Waals surface area contributed by atoms with Crippen LogP contribution in [0.15, 0.2) is 18.2 Å². The number of hydrogen-bond donors (Lipinski definition) is 1. The van der Waals surface area contributed by atoms with Crippen LogP contribution in [0.3, 0.4) is 0 Å². The van der Waals surface area contributed by atoms with E-state index in [9.17, 15) is 5.11 Å². The molecule has 1 aromatic heterocycles.